The quantitative estimate of drug-likeness (QED) is 0.803. The molecule has 1 aromatic carbocycles. The number of aryl methyl sites for hydroxylation is 2. The molecule has 1 amide bonds. The standard InChI is InChI=1S/C14H20N2O/c1-10-7-11(2)9-12(8-10)16-6-5-15-13(17)14(16,3)4/h7-9H,5-6H2,1-4H3,(H,15,17). The molecule has 1 fully saturated rings. The van der Waals surface area contributed by atoms with Crippen molar-refractivity contribution in [1.82, 2.24) is 5.32 Å². The number of benzene rings is 1. The highest BCUT2D eigenvalue weighted by Gasteiger charge is 2.37. The van der Waals surface area contributed by atoms with Crippen molar-refractivity contribution >= 4 is 11.6 Å². The van der Waals surface area contributed by atoms with Crippen LogP contribution < -0.4 is 10.2 Å². The monoisotopic (exact) mass is 232 g/mol. The Labute approximate surface area is 103 Å². The average Bonchev–Trinajstić information content (AvgIpc) is 2.20. The Morgan fingerprint density at radius 3 is 2.35 bits per heavy atom. The van der Waals surface area contributed by atoms with E-state index in [1.807, 2.05) is 13.8 Å². The summed E-state index contributed by atoms with van der Waals surface area (Å²) in [6.07, 6.45) is 0. The molecule has 0 unspecified atom stereocenters. The zero-order valence-electron chi connectivity index (χ0n) is 11.0. The second-order valence-corrected chi connectivity index (χ2v) is 5.31. The number of hydrogen-bond donors (Lipinski definition) is 1. The van der Waals surface area contributed by atoms with Gasteiger partial charge in [-0.1, -0.05) is 6.07 Å². The number of piperazine rings is 1. The van der Waals surface area contributed by atoms with Crippen LogP contribution in [0.25, 0.3) is 0 Å². The summed E-state index contributed by atoms with van der Waals surface area (Å²) in [5.41, 5.74) is 3.14. The van der Waals surface area contributed by atoms with Crippen LogP contribution in [0.1, 0.15) is 25.0 Å². The molecule has 1 heterocycles. The Morgan fingerprint density at radius 2 is 1.76 bits per heavy atom. The van der Waals surface area contributed by atoms with Crippen LogP contribution in [0, 0.1) is 13.8 Å². The number of amides is 1. The molecular weight excluding hydrogens is 212 g/mol. The van der Waals surface area contributed by atoms with Crippen molar-refractivity contribution in [1.29, 1.82) is 0 Å². The van der Waals surface area contributed by atoms with Gasteiger partial charge in [-0.2, -0.15) is 0 Å². The minimum atomic E-state index is -0.474. The fourth-order valence-corrected chi connectivity index (χ4v) is 2.46. The molecule has 1 N–H and O–H groups in total. The minimum absolute atomic E-state index is 0.0999. The summed E-state index contributed by atoms with van der Waals surface area (Å²) in [7, 11) is 0. The Kier molecular flexibility index (Phi) is 2.86. The average molecular weight is 232 g/mol. The predicted molar refractivity (Wildman–Crippen MR) is 70.4 cm³/mol. The third kappa shape index (κ3) is 2.14. The summed E-state index contributed by atoms with van der Waals surface area (Å²) in [6.45, 7) is 9.70. The summed E-state index contributed by atoms with van der Waals surface area (Å²) in [5, 5.41) is 2.92. The van der Waals surface area contributed by atoms with Crippen molar-refractivity contribution in [3.05, 3.63) is 29.3 Å². The molecule has 1 aromatic rings. The maximum Gasteiger partial charge on any atom is 0.245 e. The van der Waals surface area contributed by atoms with Crippen LogP contribution in [0.5, 0.6) is 0 Å². The number of anilines is 1. The van der Waals surface area contributed by atoms with Gasteiger partial charge in [-0.25, -0.2) is 0 Å². The number of carbonyl (C=O) groups is 1. The van der Waals surface area contributed by atoms with E-state index < -0.39 is 5.54 Å². The zero-order valence-corrected chi connectivity index (χ0v) is 11.0. The molecule has 3 nitrogen and oxygen atoms in total. The first-order valence-corrected chi connectivity index (χ1v) is 6.05. The molecule has 92 valence electrons. The van der Waals surface area contributed by atoms with Crippen LogP contribution in [0.4, 0.5) is 5.69 Å². The normalized spacial score (nSPS) is 19.1. The highest BCUT2D eigenvalue weighted by Crippen LogP contribution is 2.27. The van der Waals surface area contributed by atoms with Gasteiger partial charge in [0.15, 0.2) is 0 Å². The zero-order chi connectivity index (χ0) is 12.6. The Bertz CT molecular complexity index is 431. The van der Waals surface area contributed by atoms with Crippen molar-refractivity contribution < 1.29 is 4.79 Å². The van der Waals surface area contributed by atoms with Gasteiger partial charge in [-0.3, -0.25) is 4.79 Å². The molecule has 2 rings (SSSR count). The van der Waals surface area contributed by atoms with E-state index in [-0.39, 0.29) is 5.91 Å². The van der Waals surface area contributed by atoms with Gasteiger partial charge in [0.1, 0.15) is 5.54 Å². The van der Waals surface area contributed by atoms with Crippen molar-refractivity contribution in [2.75, 3.05) is 18.0 Å². The summed E-state index contributed by atoms with van der Waals surface area (Å²) in [6, 6.07) is 6.45. The lowest BCUT2D eigenvalue weighted by atomic mass is 9.97. The van der Waals surface area contributed by atoms with Gasteiger partial charge >= 0.3 is 0 Å². The fourth-order valence-electron chi connectivity index (χ4n) is 2.46. The minimum Gasteiger partial charge on any atom is -0.356 e. The molecule has 3 heteroatoms. The lowest BCUT2D eigenvalue weighted by Crippen LogP contribution is -2.62. The lowest BCUT2D eigenvalue weighted by molar-refractivity contribution is -0.126. The van der Waals surface area contributed by atoms with Crippen molar-refractivity contribution in [3.63, 3.8) is 0 Å². The largest absolute Gasteiger partial charge is 0.356 e. The third-order valence-corrected chi connectivity index (χ3v) is 3.37. The number of rotatable bonds is 1. The van der Waals surface area contributed by atoms with E-state index in [2.05, 4.69) is 42.3 Å². The van der Waals surface area contributed by atoms with E-state index in [0.717, 1.165) is 18.8 Å². The summed E-state index contributed by atoms with van der Waals surface area (Å²) in [4.78, 5) is 14.1. The van der Waals surface area contributed by atoms with Crippen LogP contribution in [0.2, 0.25) is 0 Å². The number of nitrogens with one attached hydrogen (secondary N) is 1. The highest BCUT2D eigenvalue weighted by molar-refractivity contribution is 5.90. The molecule has 1 saturated heterocycles. The Hall–Kier alpha value is -1.51. The van der Waals surface area contributed by atoms with Crippen LogP contribution in [-0.2, 0) is 4.79 Å². The topological polar surface area (TPSA) is 32.3 Å². The molecule has 0 atom stereocenters. The Balaban J connectivity index is 2.41. The molecule has 0 aliphatic carbocycles. The van der Waals surface area contributed by atoms with E-state index in [1.54, 1.807) is 0 Å². The SMILES string of the molecule is Cc1cc(C)cc(N2CCNC(=O)C2(C)C)c1. The van der Waals surface area contributed by atoms with Crippen molar-refractivity contribution in [2.45, 2.75) is 33.2 Å². The molecule has 1 aliphatic heterocycles. The second-order valence-electron chi connectivity index (χ2n) is 5.31. The molecule has 0 saturated carbocycles. The molecule has 1 aliphatic rings. The van der Waals surface area contributed by atoms with Crippen molar-refractivity contribution in [2.24, 2.45) is 0 Å². The molecule has 0 spiro atoms. The maximum absolute atomic E-state index is 11.9. The third-order valence-electron chi connectivity index (χ3n) is 3.37. The molecular formula is C14H20N2O. The van der Waals surface area contributed by atoms with Crippen LogP contribution in [-0.4, -0.2) is 24.5 Å². The van der Waals surface area contributed by atoms with E-state index in [1.165, 1.54) is 11.1 Å². The smallest absolute Gasteiger partial charge is 0.245 e. The van der Waals surface area contributed by atoms with Gasteiger partial charge in [0, 0.05) is 18.8 Å². The lowest BCUT2D eigenvalue weighted by Gasteiger charge is -2.43. The van der Waals surface area contributed by atoms with E-state index in [9.17, 15) is 4.79 Å². The summed E-state index contributed by atoms with van der Waals surface area (Å²) in [5.74, 6) is 0.0999. The molecule has 0 bridgehead atoms. The first kappa shape index (κ1) is 12.0. The van der Waals surface area contributed by atoms with Gasteiger partial charge in [0.2, 0.25) is 5.91 Å². The first-order chi connectivity index (χ1) is 7.91. The van der Waals surface area contributed by atoms with Crippen LogP contribution >= 0.6 is 0 Å². The summed E-state index contributed by atoms with van der Waals surface area (Å²) >= 11 is 0. The molecule has 17 heavy (non-hydrogen) atoms. The van der Waals surface area contributed by atoms with Gasteiger partial charge in [-0.15, -0.1) is 0 Å². The first-order valence-electron chi connectivity index (χ1n) is 6.05. The van der Waals surface area contributed by atoms with Gasteiger partial charge in [0.25, 0.3) is 0 Å². The van der Waals surface area contributed by atoms with E-state index in [4.69, 9.17) is 0 Å². The second kappa shape index (κ2) is 4.06. The fraction of sp³-hybridized carbons (Fsp3) is 0.500. The van der Waals surface area contributed by atoms with Crippen molar-refractivity contribution in [3.8, 4) is 0 Å². The molecule has 0 aromatic heterocycles. The number of hydrogen-bond acceptors (Lipinski definition) is 2. The van der Waals surface area contributed by atoms with Gasteiger partial charge < -0.3 is 10.2 Å². The van der Waals surface area contributed by atoms with Crippen LogP contribution in [0.3, 0.4) is 0 Å². The van der Waals surface area contributed by atoms with E-state index in [0.29, 0.717) is 0 Å². The summed E-state index contributed by atoms with van der Waals surface area (Å²) < 4.78 is 0. The molecule has 0 radical (unpaired) electrons. The number of carbonyl (C=O) groups excluding carboxylic acids is 1. The van der Waals surface area contributed by atoms with E-state index >= 15 is 0 Å². The maximum atomic E-state index is 11.9. The Morgan fingerprint density at radius 1 is 1.18 bits per heavy atom. The van der Waals surface area contributed by atoms with Gasteiger partial charge in [0.05, 0.1) is 0 Å². The number of nitrogens with zero attached hydrogens (tertiary/aromatic N) is 1. The highest BCUT2D eigenvalue weighted by atomic mass is 16.2. The van der Waals surface area contributed by atoms with Crippen LogP contribution in [0.15, 0.2) is 18.2 Å². The van der Waals surface area contributed by atoms with Gasteiger partial charge in [-0.05, 0) is 51.0 Å². The predicted octanol–water partition coefficient (Wildman–Crippen LogP) is 2.02.